The molecule has 0 radical (unpaired) electrons. The lowest BCUT2D eigenvalue weighted by Gasteiger charge is -2.06. The standard InChI is InChI=1S/C17H18O.2C2H6.CH4/c1-12(2)14-8-10-16(11-9-14)17(18)15-6-4-13(3)5-7-15;2*1-2;/h4-12H,1-3H3;2*1-2H3;1H4. The van der Waals surface area contributed by atoms with Gasteiger partial charge in [-0.25, -0.2) is 0 Å². The van der Waals surface area contributed by atoms with Gasteiger partial charge >= 0.3 is 0 Å². The maximum absolute atomic E-state index is 12.2. The van der Waals surface area contributed by atoms with E-state index in [1.54, 1.807) is 0 Å². The molecular weight excluding hydrogens is 280 g/mol. The molecule has 1 heteroatoms. The molecule has 128 valence electrons. The molecule has 0 saturated heterocycles. The number of ketones is 1. The highest BCUT2D eigenvalue weighted by Crippen LogP contribution is 2.17. The van der Waals surface area contributed by atoms with E-state index in [4.69, 9.17) is 0 Å². The summed E-state index contributed by atoms with van der Waals surface area (Å²) >= 11 is 0. The normalized spacial score (nSPS) is 8.87. The van der Waals surface area contributed by atoms with Gasteiger partial charge in [-0.2, -0.15) is 0 Å². The predicted octanol–water partition coefficient (Wildman–Crippen LogP) is 7.04. The maximum Gasteiger partial charge on any atom is 0.193 e. The fourth-order valence-corrected chi connectivity index (χ4v) is 1.89. The van der Waals surface area contributed by atoms with E-state index in [-0.39, 0.29) is 13.2 Å². The van der Waals surface area contributed by atoms with Crippen LogP contribution in [0.15, 0.2) is 48.5 Å². The summed E-state index contributed by atoms with van der Waals surface area (Å²) in [5, 5.41) is 0. The van der Waals surface area contributed by atoms with E-state index < -0.39 is 0 Å². The van der Waals surface area contributed by atoms with Crippen molar-refractivity contribution < 1.29 is 4.79 Å². The molecular formula is C22H34O. The van der Waals surface area contributed by atoms with Gasteiger partial charge in [-0.05, 0) is 18.4 Å². The third-order valence-electron chi connectivity index (χ3n) is 3.15. The van der Waals surface area contributed by atoms with Gasteiger partial charge in [0.2, 0.25) is 0 Å². The van der Waals surface area contributed by atoms with Crippen LogP contribution in [0.2, 0.25) is 0 Å². The SMILES string of the molecule is C.CC.CC.Cc1ccc(C(=O)c2ccc(C(C)C)cc2)cc1. The third kappa shape index (κ3) is 7.27. The van der Waals surface area contributed by atoms with Gasteiger partial charge in [-0.15, -0.1) is 0 Å². The molecule has 0 amide bonds. The van der Waals surface area contributed by atoms with E-state index in [2.05, 4.69) is 13.8 Å². The molecule has 0 atom stereocenters. The van der Waals surface area contributed by atoms with E-state index in [1.165, 1.54) is 11.1 Å². The van der Waals surface area contributed by atoms with Crippen molar-refractivity contribution in [1.29, 1.82) is 0 Å². The number of carbonyl (C=O) groups excluding carboxylic acids is 1. The average Bonchev–Trinajstić information content (AvgIpc) is 2.58. The summed E-state index contributed by atoms with van der Waals surface area (Å²) in [6.07, 6.45) is 0. The van der Waals surface area contributed by atoms with Gasteiger partial charge in [-0.1, -0.05) is 103 Å². The van der Waals surface area contributed by atoms with Crippen molar-refractivity contribution in [1.82, 2.24) is 0 Å². The van der Waals surface area contributed by atoms with Crippen LogP contribution in [0.1, 0.15) is 81.9 Å². The summed E-state index contributed by atoms with van der Waals surface area (Å²) < 4.78 is 0. The third-order valence-corrected chi connectivity index (χ3v) is 3.15. The van der Waals surface area contributed by atoms with Crippen molar-refractivity contribution in [3.63, 3.8) is 0 Å². The maximum atomic E-state index is 12.2. The molecule has 0 spiro atoms. The molecule has 0 aliphatic carbocycles. The Hall–Kier alpha value is -1.89. The Bertz CT molecular complexity index is 533. The van der Waals surface area contributed by atoms with Crippen molar-refractivity contribution in [2.24, 2.45) is 0 Å². The van der Waals surface area contributed by atoms with Crippen LogP contribution in [0.4, 0.5) is 0 Å². The molecule has 2 aromatic rings. The average molecular weight is 315 g/mol. The van der Waals surface area contributed by atoms with Gasteiger partial charge in [0.05, 0.1) is 0 Å². The Morgan fingerprint density at radius 1 is 0.739 bits per heavy atom. The highest BCUT2D eigenvalue weighted by atomic mass is 16.1. The van der Waals surface area contributed by atoms with Gasteiger partial charge in [0, 0.05) is 11.1 Å². The van der Waals surface area contributed by atoms with Crippen LogP contribution in [-0.2, 0) is 0 Å². The zero-order valence-corrected chi connectivity index (χ0v) is 15.1. The molecule has 0 unspecified atom stereocenters. The Labute approximate surface area is 143 Å². The number of aryl methyl sites for hydroxylation is 1. The van der Waals surface area contributed by atoms with E-state index in [9.17, 15) is 4.79 Å². The van der Waals surface area contributed by atoms with Gasteiger partial charge in [0.1, 0.15) is 0 Å². The quantitative estimate of drug-likeness (QED) is 0.555. The highest BCUT2D eigenvalue weighted by molar-refractivity contribution is 6.08. The highest BCUT2D eigenvalue weighted by Gasteiger charge is 2.09. The fraction of sp³-hybridized carbons (Fsp3) is 0.409. The van der Waals surface area contributed by atoms with E-state index in [1.807, 2.05) is 83.1 Å². The molecule has 0 N–H and O–H groups in total. The van der Waals surface area contributed by atoms with Gasteiger partial charge in [0.15, 0.2) is 5.78 Å². The van der Waals surface area contributed by atoms with Crippen molar-refractivity contribution in [2.45, 2.75) is 61.8 Å². The van der Waals surface area contributed by atoms with Crippen LogP contribution in [-0.4, -0.2) is 5.78 Å². The van der Waals surface area contributed by atoms with E-state index in [0.29, 0.717) is 5.92 Å². The topological polar surface area (TPSA) is 17.1 Å². The first kappa shape index (κ1) is 23.4. The molecule has 0 saturated carbocycles. The summed E-state index contributed by atoms with van der Waals surface area (Å²) in [7, 11) is 0. The molecule has 23 heavy (non-hydrogen) atoms. The largest absolute Gasteiger partial charge is 0.289 e. The summed E-state index contributed by atoms with van der Waals surface area (Å²) in [5.41, 5.74) is 3.93. The smallest absolute Gasteiger partial charge is 0.193 e. The molecule has 0 aliphatic heterocycles. The summed E-state index contributed by atoms with van der Waals surface area (Å²) in [6.45, 7) is 14.3. The van der Waals surface area contributed by atoms with Gasteiger partial charge in [0.25, 0.3) is 0 Å². The van der Waals surface area contributed by atoms with Crippen LogP contribution in [0.3, 0.4) is 0 Å². The minimum absolute atomic E-state index is 0. The lowest BCUT2D eigenvalue weighted by atomic mass is 9.98. The first-order chi connectivity index (χ1) is 10.6. The zero-order valence-electron chi connectivity index (χ0n) is 15.1. The molecule has 0 aliphatic rings. The second-order valence-electron chi connectivity index (χ2n) is 4.97. The molecule has 1 nitrogen and oxygen atoms in total. The molecule has 0 fully saturated rings. The Balaban J connectivity index is 0. The van der Waals surface area contributed by atoms with Crippen LogP contribution >= 0.6 is 0 Å². The number of rotatable bonds is 3. The molecule has 0 heterocycles. The van der Waals surface area contributed by atoms with Crippen molar-refractivity contribution in [3.05, 3.63) is 70.8 Å². The molecule has 0 bridgehead atoms. The van der Waals surface area contributed by atoms with Crippen LogP contribution < -0.4 is 0 Å². The van der Waals surface area contributed by atoms with Crippen molar-refractivity contribution >= 4 is 5.78 Å². The fourth-order valence-electron chi connectivity index (χ4n) is 1.89. The van der Waals surface area contributed by atoms with Gasteiger partial charge < -0.3 is 0 Å². The second-order valence-corrected chi connectivity index (χ2v) is 4.97. The second kappa shape index (κ2) is 12.6. The van der Waals surface area contributed by atoms with Crippen molar-refractivity contribution in [2.75, 3.05) is 0 Å². The lowest BCUT2D eigenvalue weighted by molar-refractivity contribution is 0.103. The lowest BCUT2D eigenvalue weighted by Crippen LogP contribution is -2.01. The summed E-state index contributed by atoms with van der Waals surface area (Å²) in [5.74, 6) is 0.582. The number of benzene rings is 2. The molecule has 0 aromatic heterocycles. The van der Waals surface area contributed by atoms with Gasteiger partial charge in [-0.3, -0.25) is 4.79 Å². The Morgan fingerprint density at radius 3 is 1.43 bits per heavy atom. The summed E-state index contributed by atoms with van der Waals surface area (Å²) in [6, 6.07) is 15.6. The molecule has 2 aromatic carbocycles. The molecule has 2 rings (SSSR count). The number of hydrogen-bond donors (Lipinski definition) is 0. The summed E-state index contributed by atoms with van der Waals surface area (Å²) in [4.78, 5) is 12.2. The minimum atomic E-state index is 0. The first-order valence-corrected chi connectivity index (χ1v) is 8.29. The Morgan fingerprint density at radius 2 is 1.09 bits per heavy atom. The van der Waals surface area contributed by atoms with E-state index >= 15 is 0 Å². The Kier molecular flexibility index (Phi) is 12.8. The van der Waals surface area contributed by atoms with E-state index in [0.717, 1.165) is 11.1 Å². The van der Waals surface area contributed by atoms with Crippen LogP contribution in [0.5, 0.6) is 0 Å². The van der Waals surface area contributed by atoms with Crippen molar-refractivity contribution in [3.8, 4) is 0 Å². The monoisotopic (exact) mass is 314 g/mol. The first-order valence-electron chi connectivity index (χ1n) is 8.29. The van der Waals surface area contributed by atoms with Crippen LogP contribution in [0, 0.1) is 6.92 Å². The van der Waals surface area contributed by atoms with Crippen LogP contribution in [0.25, 0.3) is 0 Å². The minimum Gasteiger partial charge on any atom is -0.289 e. The predicted molar refractivity (Wildman–Crippen MR) is 105 cm³/mol. The number of hydrogen-bond acceptors (Lipinski definition) is 1. The zero-order chi connectivity index (χ0) is 17.1. The number of carbonyl (C=O) groups is 1.